The number of hydrogen-bond acceptors (Lipinski definition) is 7. The summed E-state index contributed by atoms with van der Waals surface area (Å²) in [5.41, 5.74) is 4.45. The summed E-state index contributed by atoms with van der Waals surface area (Å²) in [4.78, 5) is 10.5. The summed E-state index contributed by atoms with van der Waals surface area (Å²) >= 11 is 0. The van der Waals surface area contributed by atoms with Gasteiger partial charge in [-0.3, -0.25) is 10.1 Å². The van der Waals surface area contributed by atoms with E-state index in [0.717, 1.165) is 12.8 Å². The standard InChI is InChI=1S/C13H17N5O3/c1-8-4-3-5-9(2)17(8)14-10-6-7-11(18(19)20)13-12(10)15-21-16-13/h6-9,14H,3-5H2,1-2H3. The normalized spacial score (nSPS) is 23.3. The molecule has 112 valence electrons. The highest BCUT2D eigenvalue weighted by atomic mass is 16.6. The lowest BCUT2D eigenvalue weighted by Gasteiger charge is -2.39. The molecule has 0 spiro atoms. The van der Waals surface area contributed by atoms with Crippen molar-refractivity contribution in [3.05, 3.63) is 22.2 Å². The maximum Gasteiger partial charge on any atom is 0.300 e. The second kappa shape index (κ2) is 5.28. The van der Waals surface area contributed by atoms with Crippen LogP contribution in [0.25, 0.3) is 11.0 Å². The van der Waals surface area contributed by atoms with Gasteiger partial charge in [-0.2, -0.15) is 0 Å². The summed E-state index contributed by atoms with van der Waals surface area (Å²) in [6, 6.07) is 3.85. The zero-order valence-corrected chi connectivity index (χ0v) is 11.9. The Bertz CT molecular complexity index is 661. The van der Waals surface area contributed by atoms with Gasteiger partial charge in [0.2, 0.25) is 5.52 Å². The van der Waals surface area contributed by atoms with E-state index in [4.69, 9.17) is 0 Å². The fourth-order valence-electron chi connectivity index (χ4n) is 2.87. The van der Waals surface area contributed by atoms with Crippen LogP contribution in [0.1, 0.15) is 33.1 Å². The van der Waals surface area contributed by atoms with Crippen LogP contribution in [0, 0.1) is 10.1 Å². The van der Waals surface area contributed by atoms with Crippen LogP contribution < -0.4 is 5.43 Å². The Morgan fingerprint density at radius 1 is 1.29 bits per heavy atom. The van der Waals surface area contributed by atoms with Gasteiger partial charge in [-0.1, -0.05) is 6.42 Å². The highest BCUT2D eigenvalue weighted by Gasteiger charge is 2.27. The monoisotopic (exact) mass is 291 g/mol. The second-order valence-corrected chi connectivity index (χ2v) is 5.50. The third kappa shape index (κ3) is 2.42. The lowest BCUT2D eigenvalue weighted by Crippen LogP contribution is -2.47. The fraction of sp³-hybridized carbons (Fsp3) is 0.538. The van der Waals surface area contributed by atoms with E-state index < -0.39 is 4.92 Å². The number of rotatable bonds is 3. The second-order valence-electron chi connectivity index (χ2n) is 5.50. The summed E-state index contributed by atoms with van der Waals surface area (Å²) < 4.78 is 4.68. The van der Waals surface area contributed by atoms with Crippen molar-refractivity contribution in [1.29, 1.82) is 0 Å². The summed E-state index contributed by atoms with van der Waals surface area (Å²) in [7, 11) is 0. The van der Waals surface area contributed by atoms with Crippen molar-refractivity contribution in [2.75, 3.05) is 5.43 Å². The van der Waals surface area contributed by atoms with Crippen molar-refractivity contribution in [3.8, 4) is 0 Å². The average Bonchev–Trinajstić information content (AvgIpc) is 2.92. The van der Waals surface area contributed by atoms with Gasteiger partial charge in [-0.25, -0.2) is 9.64 Å². The SMILES string of the molecule is CC1CCCC(C)N1Nc1ccc([N+](=O)[O-])c2nonc12. The van der Waals surface area contributed by atoms with E-state index in [0.29, 0.717) is 23.3 Å². The first-order chi connectivity index (χ1) is 10.1. The van der Waals surface area contributed by atoms with E-state index >= 15 is 0 Å². The molecule has 0 aliphatic carbocycles. The van der Waals surface area contributed by atoms with Gasteiger partial charge in [0.25, 0.3) is 0 Å². The highest BCUT2D eigenvalue weighted by molar-refractivity contribution is 5.93. The average molecular weight is 291 g/mol. The molecule has 1 aliphatic heterocycles. The minimum atomic E-state index is -0.484. The van der Waals surface area contributed by atoms with E-state index in [2.05, 4.69) is 39.2 Å². The van der Waals surface area contributed by atoms with Crippen molar-refractivity contribution in [2.24, 2.45) is 0 Å². The number of non-ortho nitro benzene ring substituents is 1. The molecule has 0 amide bonds. The Morgan fingerprint density at radius 2 is 1.95 bits per heavy atom. The van der Waals surface area contributed by atoms with Crippen LogP contribution in [0.5, 0.6) is 0 Å². The molecule has 1 aromatic heterocycles. The van der Waals surface area contributed by atoms with Crippen molar-refractivity contribution in [2.45, 2.75) is 45.2 Å². The van der Waals surface area contributed by atoms with Crippen molar-refractivity contribution in [3.63, 3.8) is 0 Å². The van der Waals surface area contributed by atoms with Gasteiger partial charge in [-0.05, 0) is 43.1 Å². The molecule has 2 atom stereocenters. The predicted octanol–water partition coefficient (Wildman–Crippen LogP) is 2.72. The molecule has 1 aliphatic rings. The lowest BCUT2D eigenvalue weighted by atomic mass is 10.00. The first-order valence-corrected chi connectivity index (χ1v) is 7.02. The van der Waals surface area contributed by atoms with Crippen LogP contribution in [-0.4, -0.2) is 32.3 Å². The third-order valence-electron chi connectivity index (χ3n) is 4.03. The molecule has 1 aromatic carbocycles. The first kappa shape index (κ1) is 13.7. The molecule has 2 unspecified atom stereocenters. The summed E-state index contributed by atoms with van der Waals surface area (Å²) in [6.45, 7) is 4.32. The zero-order valence-electron chi connectivity index (χ0n) is 11.9. The van der Waals surface area contributed by atoms with E-state index in [-0.39, 0.29) is 11.2 Å². The molecule has 2 aromatic rings. The number of hydrazine groups is 1. The minimum absolute atomic E-state index is 0.100. The summed E-state index contributed by atoms with van der Waals surface area (Å²) in [5.74, 6) is 0. The maximum atomic E-state index is 11.0. The molecule has 3 rings (SSSR count). The third-order valence-corrected chi connectivity index (χ3v) is 4.03. The number of nitrogens with one attached hydrogen (secondary N) is 1. The Hall–Kier alpha value is -2.22. The summed E-state index contributed by atoms with van der Waals surface area (Å²) in [6.07, 6.45) is 3.44. The maximum absolute atomic E-state index is 11.0. The molecule has 0 bridgehead atoms. The number of anilines is 1. The number of aromatic nitrogens is 2. The van der Waals surface area contributed by atoms with Crippen LogP contribution in [0.3, 0.4) is 0 Å². The van der Waals surface area contributed by atoms with Crippen LogP contribution in [0.15, 0.2) is 16.8 Å². The van der Waals surface area contributed by atoms with Gasteiger partial charge in [0.15, 0.2) is 5.52 Å². The Labute approximate surface area is 121 Å². The zero-order chi connectivity index (χ0) is 15.0. The number of hydrogen-bond donors (Lipinski definition) is 1. The number of nitro groups is 1. The first-order valence-electron chi connectivity index (χ1n) is 7.02. The smallest absolute Gasteiger partial charge is 0.300 e. The van der Waals surface area contributed by atoms with E-state index in [1.165, 1.54) is 12.5 Å². The van der Waals surface area contributed by atoms with Gasteiger partial charge in [-0.15, -0.1) is 0 Å². The van der Waals surface area contributed by atoms with Crippen molar-refractivity contribution < 1.29 is 9.55 Å². The molecule has 1 saturated heterocycles. The number of piperidine rings is 1. The van der Waals surface area contributed by atoms with Gasteiger partial charge >= 0.3 is 5.69 Å². The van der Waals surface area contributed by atoms with Crippen LogP contribution >= 0.6 is 0 Å². The molecule has 1 fully saturated rings. The number of nitrogens with zero attached hydrogens (tertiary/aromatic N) is 4. The Morgan fingerprint density at radius 3 is 2.62 bits per heavy atom. The summed E-state index contributed by atoms with van der Waals surface area (Å²) in [5, 5.41) is 20.6. The van der Waals surface area contributed by atoms with Gasteiger partial charge < -0.3 is 5.43 Å². The van der Waals surface area contributed by atoms with Crippen molar-refractivity contribution in [1.82, 2.24) is 15.3 Å². The largest absolute Gasteiger partial charge is 0.316 e. The molecule has 21 heavy (non-hydrogen) atoms. The molecule has 2 heterocycles. The Balaban J connectivity index is 1.96. The van der Waals surface area contributed by atoms with E-state index in [9.17, 15) is 10.1 Å². The molecular weight excluding hydrogens is 274 g/mol. The van der Waals surface area contributed by atoms with Gasteiger partial charge in [0, 0.05) is 18.2 Å². The molecule has 1 N–H and O–H groups in total. The Kier molecular flexibility index (Phi) is 3.46. The minimum Gasteiger partial charge on any atom is -0.316 e. The molecule has 8 heteroatoms. The van der Waals surface area contributed by atoms with Crippen LogP contribution in [0.4, 0.5) is 11.4 Å². The predicted molar refractivity (Wildman–Crippen MR) is 76.7 cm³/mol. The lowest BCUT2D eigenvalue weighted by molar-refractivity contribution is -0.383. The molecule has 8 nitrogen and oxygen atoms in total. The number of fused-ring (bicyclic) bond motifs is 1. The van der Waals surface area contributed by atoms with E-state index in [1.807, 2.05) is 0 Å². The van der Waals surface area contributed by atoms with E-state index in [1.54, 1.807) is 6.07 Å². The van der Waals surface area contributed by atoms with Gasteiger partial charge in [0.05, 0.1) is 10.6 Å². The van der Waals surface area contributed by atoms with Crippen LogP contribution in [0.2, 0.25) is 0 Å². The molecule has 0 radical (unpaired) electrons. The number of nitro benzene ring substituents is 1. The fourth-order valence-corrected chi connectivity index (χ4v) is 2.87. The molecule has 0 saturated carbocycles. The quantitative estimate of drug-likeness (QED) is 0.685. The topological polar surface area (TPSA) is 97.3 Å². The number of benzene rings is 1. The highest BCUT2D eigenvalue weighted by Crippen LogP contribution is 2.31. The van der Waals surface area contributed by atoms with Crippen molar-refractivity contribution >= 4 is 22.4 Å². The molecular formula is C13H17N5O3. The van der Waals surface area contributed by atoms with Crippen LogP contribution in [-0.2, 0) is 0 Å². The van der Waals surface area contributed by atoms with Gasteiger partial charge in [0.1, 0.15) is 0 Å².